The molecule has 0 spiro atoms. The number of methoxy groups -OCH3 is 1. The summed E-state index contributed by atoms with van der Waals surface area (Å²) in [5, 5.41) is 12.7. The van der Waals surface area contributed by atoms with Crippen LogP contribution in [0.3, 0.4) is 0 Å². The smallest absolute Gasteiger partial charge is 0.337 e. The molecule has 1 atom stereocenters. The lowest BCUT2D eigenvalue weighted by molar-refractivity contribution is 0.0600. The normalized spacial score (nSPS) is 13.9. The maximum absolute atomic E-state index is 11.4. The zero-order valence-electron chi connectivity index (χ0n) is 11.5. The third-order valence-corrected chi connectivity index (χ3v) is 4.05. The van der Waals surface area contributed by atoms with Crippen molar-refractivity contribution in [2.24, 2.45) is 0 Å². The van der Waals surface area contributed by atoms with Gasteiger partial charge in [0, 0.05) is 16.6 Å². The van der Waals surface area contributed by atoms with Crippen LogP contribution in [-0.2, 0) is 11.3 Å². The van der Waals surface area contributed by atoms with Crippen LogP contribution >= 0.6 is 15.9 Å². The Morgan fingerprint density at radius 1 is 1.53 bits per heavy atom. The Bertz CT molecular complexity index is 444. The number of halogens is 1. The minimum absolute atomic E-state index is 0.0847. The molecule has 106 valence electrons. The highest BCUT2D eigenvalue weighted by Gasteiger charge is 2.20. The molecule has 0 aliphatic heterocycles. The van der Waals surface area contributed by atoms with E-state index in [2.05, 4.69) is 26.0 Å². The van der Waals surface area contributed by atoms with Crippen LogP contribution in [0.2, 0.25) is 0 Å². The zero-order valence-corrected chi connectivity index (χ0v) is 13.1. The van der Waals surface area contributed by atoms with Gasteiger partial charge in [0.2, 0.25) is 0 Å². The third kappa shape index (κ3) is 4.30. The molecule has 0 saturated carbocycles. The van der Waals surface area contributed by atoms with Gasteiger partial charge in [-0.2, -0.15) is 0 Å². The molecule has 5 heteroatoms. The van der Waals surface area contributed by atoms with Gasteiger partial charge < -0.3 is 15.2 Å². The second-order valence-electron chi connectivity index (χ2n) is 4.72. The average Bonchev–Trinajstić information content (AvgIpc) is 2.44. The molecule has 1 aromatic rings. The van der Waals surface area contributed by atoms with E-state index in [-0.39, 0.29) is 18.1 Å². The average molecular weight is 330 g/mol. The number of carbonyl (C=O) groups excluding carboxylic acids is 1. The summed E-state index contributed by atoms with van der Waals surface area (Å²) in [6, 6.07) is 5.34. The van der Waals surface area contributed by atoms with Gasteiger partial charge in [0.15, 0.2) is 0 Å². The van der Waals surface area contributed by atoms with Gasteiger partial charge in [-0.1, -0.05) is 28.9 Å². The Balaban J connectivity index is 2.78. The molecule has 2 N–H and O–H groups in total. The van der Waals surface area contributed by atoms with Crippen molar-refractivity contribution in [3.05, 3.63) is 33.8 Å². The quantitative estimate of drug-likeness (QED) is 0.787. The molecular weight excluding hydrogens is 310 g/mol. The van der Waals surface area contributed by atoms with Crippen molar-refractivity contribution < 1.29 is 14.6 Å². The first kappa shape index (κ1) is 16.1. The van der Waals surface area contributed by atoms with Gasteiger partial charge in [-0.15, -0.1) is 0 Å². The van der Waals surface area contributed by atoms with Crippen LogP contribution in [0.5, 0.6) is 0 Å². The van der Waals surface area contributed by atoms with Crippen molar-refractivity contribution in [2.45, 2.75) is 32.4 Å². The van der Waals surface area contributed by atoms with Gasteiger partial charge in [-0.05, 0) is 31.0 Å². The predicted molar refractivity (Wildman–Crippen MR) is 78.1 cm³/mol. The number of hydrogen-bond acceptors (Lipinski definition) is 4. The highest BCUT2D eigenvalue weighted by Crippen LogP contribution is 2.20. The minimum Gasteiger partial charge on any atom is -0.465 e. The van der Waals surface area contributed by atoms with E-state index in [1.165, 1.54) is 7.11 Å². The zero-order chi connectivity index (χ0) is 14.5. The SMILES string of the molecule is CCC(C)(CO)NCc1ccc(C(=O)OC)cc1Br. The molecule has 0 bridgehead atoms. The maximum atomic E-state index is 11.4. The summed E-state index contributed by atoms with van der Waals surface area (Å²) in [4.78, 5) is 11.4. The maximum Gasteiger partial charge on any atom is 0.337 e. The lowest BCUT2D eigenvalue weighted by Crippen LogP contribution is -2.44. The molecule has 0 radical (unpaired) electrons. The van der Waals surface area contributed by atoms with Gasteiger partial charge in [0.1, 0.15) is 0 Å². The first-order chi connectivity index (χ1) is 8.95. The fraction of sp³-hybridized carbons (Fsp3) is 0.500. The molecule has 0 fully saturated rings. The van der Waals surface area contributed by atoms with Gasteiger partial charge >= 0.3 is 5.97 Å². The van der Waals surface area contributed by atoms with Crippen LogP contribution in [0.25, 0.3) is 0 Å². The number of aliphatic hydroxyl groups is 1. The monoisotopic (exact) mass is 329 g/mol. The molecule has 0 heterocycles. The Morgan fingerprint density at radius 3 is 2.68 bits per heavy atom. The van der Waals surface area contributed by atoms with E-state index in [0.29, 0.717) is 12.1 Å². The summed E-state index contributed by atoms with van der Waals surface area (Å²) in [6.07, 6.45) is 0.835. The van der Waals surface area contributed by atoms with Gasteiger partial charge in [0.05, 0.1) is 19.3 Å². The number of benzene rings is 1. The molecule has 0 aliphatic rings. The van der Waals surface area contributed by atoms with E-state index in [1.807, 2.05) is 19.9 Å². The lowest BCUT2D eigenvalue weighted by Gasteiger charge is -2.27. The van der Waals surface area contributed by atoms with Crippen molar-refractivity contribution in [3.8, 4) is 0 Å². The fourth-order valence-corrected chi connectivity index (χ4v) is 2.06. The molecule has 1 aromatic carbocycles. The molecule has 0 aromatic heterocycles. The van der Waals surface area contributed by atoms with Crippen LogP contribution in [0.1, 0.15) is 36.2 Å². The van der Waals surface area contributed by atoms with Gasteiger partial charge in [-0.3, -0.25) is 0 Å². The number of ether oxygens (including phenoxy) is 1. The fourth-order valence-electron chi connectivity index (χ4n) is 1.54. The Kier molecular flexibility index (Phi) is 5.97. The molecular formula is C14H20BrNO3. The molecule has 0 saturated heterocycles. The first-order valence-electron chi connectivity index (χ1n) is 6.18. The highest BCUT2D eigenvalue weighted by molar-refractivity contribution is 9.10. The lowest BCUT2D eigenvalue weighted by atomic mass is 9.99. The number of hydrogen-bond donors (Lipinski definition) is 2. The summed E-state index contributed by atoms with van der Waals surface area (Å²) in [5.41, 5.74) is 1.25. The van der Waals surface area contributed by atoms with E-state index >= 15 is 0 Å². The molecule has 0 amide bonds. The van der Waals surface area contributed by atoms with Crippen molar-refractivity contribution in [2.75, 3.05) is 13.7 Å². The van der Waals surface area contributed by atoms with E-state index in [1.54, 1.807) is 12.1 Å². The van der Waals surface area contributed by atoms with Crippen molar-refractivity contribution >= 4 is 21.9 Å². The van der Waals surface area contributed by atoms with Gasteiger partial charge in [0.25, 0.3) is 0 Å². The van der Waals surface area contributed by atoms with Crippen molar-refractivity contribution in [3.63, 3.8) is 0 Å². The molecule has 1 unspecified atom stereocenters. The number of esters is 1. The van der Waals surface area contributed by atoms with Crippen molar-refractivity contribution in [1.29, 1.82) is 0 Å². The van der Waals surface area contributed by atoms with E-state index in [4.69, 9.17) is 0 Å². The summed E-state index contributed by atoms with van der Waals surface area (Å²) in [5.74, 6) is -0.353. The molecule has 0 aliphatic carbocycles. The first-order valence-corrected chi connectivity index (χ1v) is 6.97. The van der Waals surface area contributed by atoms with E-state index < -0.39 is 0 Å². The molecule has 1 rings (SSSR count). The highest BCUT2D eigenvalue weighted by atomic mass is 79.9. The summed E-state index contributed by atoms with van der Waals surface area (Å²) in [6.45, 7) is 4.70. The van der Waals surface area contributed by atoms with E-state index in [0.717, 1.165) is 16.5 Å². The Hall–Kier alpha value is -0.910. The van der Waals surface area contributed by atoms with Crippen LogP contribution in [0.4, 0.5) is 0 Å². The third-order valence-electron chi connectivity index (χ3n) is 3.31. The summed E-state index contributed by atoms with van der Waals surface area (Å²) < 4.78 is 5.52. The second kappa shape index (κ2) is 7.03. The number of rotatable bonds is 6. The summed E-state index contributed by atoms with van der Waals surface area (Å²) >= 11 is 3.45. The van der Waals surface area contributed by atoms with Crippen LogP contribution in [0.15, 0.2) is 22.7 Å². The second-order valence-corrected chi connectivity index (χ2v) is 5.58. The number of aliphatic hydroxyl groups excluding tert-OH is 1. The van der Waals surface area contributed by atoms with Crippen LogP contribution < -0.4 is 5.32 Å². The topological polar surface area (TPSA) is 58.6 Å². The van der Waals surface area contributed by atoms with Crippen LogP contribution in [-0.4, -0.2) is 30.3 Å². The molecule has 19 heavy (non-hydrogen) atoms. The number of carbonyl (C=O) groups is 1. The standard InChI is InChI=1S/C14H20BrNO3/c1-4-14(2,9-17)16-8-11-6-5-10(7-12(11)15)13(18)19-3/h5-7,16-17H,4,8-9H2,1-3H3. The Labute approximate surface area is 122 Å². The van der Waals surface area contributed by atoms with Crippen LogP contribution in [0, 0.1) is 0 Å². The number of nitrogens with one attached hydrogen (secondary N) is 1. The van der Waals surface area contributed by atoms with Crippen molar-refractivity contribution in [1.82, 2.24) is 5.32 Å². The minimum atomic E-state index is -0.353. The van der Waals surface area contributed by atoms with E-state index in [9.17, 15) is 9.90 Å². The predicted octanol–water partition coefficient (Wildman–Crippen LogP) is 2.49. The summed E-state index contributed by atoms with van der Waals surface area (Å²) in [7, 11) is 1.36. The molecule has 4 nitrogen and oxygen atoms in total. The largest absolute Gasteiger partial charge is 0.465 e. The van der Waals surface area contributed by atoms with Gasteiger partial charge in [-0.25, -0.2) is 4.79 Å². The Morgan fingerprint density at radius 2 is 2.21 bits per heavy atom.